The largest absolute Gasteiger partial charge is 0.496 e. The minimum absolute atomic E-state index is 0.100. The molecule has 0 amide bonds. The van der Waals surface area contributed by atoms with Crippen LogP contribution in [-0.4, -0.2) is 44.3 Å². The molecule has 0 saturated carbocycles. The van der Waals surface area contributed by atoms with Crippen LogP contribution in [0.2, 0.25) is 0 Å². The number of halogens is 1. The lowest BCUT2D eigenvalue weighted by atomic mass is 10.1. The Morgan fingerprint density at radius 2 is 1.53 bits per heavy atom. The van der Waals surface area contributed by atoms with Crippen molar-refractivity contribution in [1.82, 2.24) is 4.57 Å². The number of ether oxygens (including phenoxy) is 4. The van der Waals surface area contributed by atoms with Gasteiger partial charge in [0.1, 0.15) is 17.1 Å². The number of carbonyl (C=O) groups excluding carboxylic acids is 2. The van der Waals surface area contributed by atoms with E-state index in [0.29, 0.717) is 28.4 Å². The molecule has 0 bridgehead atoms. The summed E-state index contributed by atoms with van der Waals surface area (Å²) in [4.78, 5) is 25.4. The third kappa shape index (κ3) is 4.44. The van der Waals surface area contributed by atoms with Crippen LogP contribution in [0.15, 0.2) is 42.5 Å². The second kappa shape index (κ2) is 9.55. The summed E-state index contributed by atoms with van der Waals surface area (Å²) >= 11 is 0. The van der Waals surface area contributed by atoms with Crippen LogP contribution >= 0.6 is 0 Å². The lowest BCUT2D eigenvalue weighted by Crippen LogP contribution is -2.16. The Bertz CT molecular complexity index is 1170. The van der Waals surface area contributed by atoms with Crippen molar-refractivity contribution in [3.8, 4) is 22.9 Å². The van der Waals surface area contributed by atoms with Gasteiger partial charge in [0.25, 0.3) is 0 Å². The van der Waals surface area contributed by atoms with Gasteiger partial charge in [-0.3, -0.25) is 4.79 Å². The van der Waals surface area contributed by atoms with Gasteiger partial charge in [0.05, 0.1) is 21.3 Å². The number of hydrogen-bond acceptors (Lipinski definition) is 6. The van der Waals surface area contributed by atoms with E-state index in [1.165, 1.54) is 45.6 Å². The number of carbonyl (C=O) groups is 2. The number of methoxy groups -OCH3 is 3. The van der Waals surface area contributed by atoms with Crippen molar-refractivity contribution in [2.24, 2.45) is 0 Å². The lowest BCUT2D eigenvalue weighted by Gasteiger charge is -2.13. The van der Waals surface area contributed by atoms with Gasteiger partial charge in [-0.05, 0) is 38.1 Å². The second-order valence-electron chi connectivity index (χ2n) is 7.01. The molecule has 0 unspecified atom stereocenters. The van der Waals surface area contributed by atoms with Crippen molar-refractivity contribution in [2.75, 3.05) is 27.9 Å². The first-order valence-corrected chi connectivity index (χ1v) is 9.75. The highest BCUT2D eigenvalue weighted by Gasteiger charge is 2.22. The molecule has 0 atom stereocenters. The van der Waals surface area contributed by atoms with Gasteiger partial charge in [-0.2, -0.15) is 0 Å². The van der Waals surface area contributed by atoms with E-state index in [0.717, 1.165) is 5.69 Å². The summed E-state index contributed by atoms with van der Waals surface area (Å²) in [5.41, 5.74) is 2.47. The first kappa shape index (κ1) is 22.9. The molecule has 8 heteroatoms. The predicted molar refractivity (Wildman–Crippen MR) is 116 cm³/mol. The average molecular weight is 441 g/mol. The summed E-state index contributed by atoms with van der Waals surface area (Å²) in [7, 11) is 4.32. The summed E-state index contributed by atoms with van der Waals surface area (Å²) in [5.74, 6) is -0.555. The first-order chi connectivity index (χ1) is 15.3. The Balaban J connectivity index is 1.81. The number of rotatable bonds is 8. The van der Waals surface area contributed by atoms with Crippen molar-refractivity contribution in [3.05, 3.63) is 70.8 Å². The van der Waals surface area contributed by atoms with Crippen LogP contribution in [0.3, 0.4) is 0 Å². The molecule has 0 radical (unpaired) electrons. The number of Topliss-reactive ketones (excluding diaryl/α,β-unsaturated/α-hetero) is 1. The quantitative estimate of drug-likeness (QED) is 0.383. The van der Waals surface area contributed by atoms with Crippen molar-refractivity contribution < 1.29 is 32.9 Å². The highest BCUT2D eigenvalue weighted by Crippen LogP contribution is 2.35. The van der Waals surface area contributed by atoms with Gasteiger partial charge in [0.15, 0.2) is 18.1 Å². The highest BCUT2D eigenvalue weighted by molar-refractivity contribution is 6.01. The monoisotopic (exact) mass is 441 g/mol. The summed E-state index contributed by atoms with van der Waals surface area (Å²) < 4.78 is 36.3. The minimum atomic E-state index is -0.741. The van der Waals surface area contributed by atoms with E-state index in [2.05, 4.69) is 0 Å². The van der Waals surface area contributed by atoms with Crippen LogP contribution in [0, 0.1) is 19.7 Å². The van der Waals surface area contributed by atoms with Crippen molar-refractivity contribution >= 4 is 11.8 Å². The van der Waals surface area contributed by atoms with Gasteiger partial charge in [-0.25, -0.2) is 9.18 Å². The number of hydrogen-bond donors (Lipinski definition) is 0. The predicted octanol–water partition coefficient (Wildman–Crippen LogP) is 4.30. The molecular formula is C24H24FNO6. The molecule has 1 aromatic heterocycles. The maximum absolute atomic E-state index is 13.7. The van der Waals surface area contributed by atoms with Crippen molar-refractivity contribution in [3.63, 3.8) is 0 Å². The molecule has 2 aromatic carbocycles. The van der Waals surface area contributed by atoms with Crippen LogP contribution < -0.4 is 14.2 Å². The third-order valence-corrected chi connectivity index (χ3v) is 5.06. The molecular weight excluding hydrogens is 417 g/mol. The van der Waals surface area contributed by atoms with Crippen molar-refractivity contribution in [1.29, 1.82) is 0 Å². The highest BCUT2D eigenvalue weighted by atomic mass is 19.1. The summed E-state index contributed by atoms with van der Waals surface area (Å²) in [6.45, 7) is 3.10. The molecule has 0 spiro atoms. The summed E-state index contributed by atoms with van der Waals surface area (Å²) in [6, 6.07) is 10.7. The van der Waals surface area contributed by atoms with Gasteiger partial charge in [0, 0.05) is 34.8 Å². The number of nitrogens with zero attached hydrogens (tertiary/aromatic N) is 1. The fraction of sp³-hybridized carbons (Fsp3) is 0.250. The Morgan fingerprint density at radius 3 is 2.16 bits per heavy atom. The number of aryl methyl sites for hydroxylation is 1. The zero-order chi connectivity index (χ0) is 23.4. The zero-order valence-corrected chi connectivity index (χ0v) is 18.5. The fourth-order valence-electron chi connectivity index (χ4n) is 3.53. The van der Waals surface area contributed by atoms with Gasteiger partial charge in [0.2, 0.25) is 5.78 Å². The Morgan fingerprint density at radius 1 is 0.875 bits per heavy atom. The van der Waals surface area contributed by atoms with Crippen LogP contribution in [-0.2, 0) is 4.74 Å². The van der Waals surface area contributed by atoms with Gasteiger partial charge >= 0.3 is 5.97 Å². The number of ketones is 1. The normalized spacial score (nSPS) is 10.6. The van der Waals surface area contributed by atoms with Crippen LogP contribution in [0.1, 0.15) is 32.1 Å². The van der Waals surface area contributed by atoms with E-state index in [1.54, 1.807) is 29.7 Å². The van der Waals surface area contributed by atoms with E-state index in [9.17, 15) is 14.0 Å². The molecule has 0 aliphatic carbocycles. The van der Waals surface area contributed by atoms with E-state index in [-0.39, 0.29) is 22.9 Å². The van der Waals surface area contributed by atoms with Crippen LogP contribution in [0.5, 0.6) is 17.2 Å². The standard InChI is InChI=1S/C24H24FNO6/c1-14-9-18(15(2)26(14)17-8-6-7-16(25)10-17)20(27)13-32-24(28)19-11-22(30-4)23(31-5)12-21(19)29-3/h6-12H,13H2,1-5H3. The molecule has 3 aromatic rings. The number of esters is 1. The Labute approximate surface area is 185 Å². The summed E-state index contributed by atoms with van der Waals surface area (Å²) in [5, 5.41) is 0. The number of aromatic nitrogens is 1. The zero-order valence-electron chi connectivity index (χ0n) is 18.5. The van der Waals surface area contributed by atoms with Crippen LogP contribution in [0.25, 0.3) is 5.69 Å². The molecule has 168 valence electrons. The average Bonchev–Trinajstić information content (AvgIpc) is 3.09. The third-order valence-electron chi connectivity index (χ3n) is 5.06. The SMILES string of the molecule is COc1cc(OC)c(C(=O)OCC(=O)c2cc(C)n(-c3cccc(F)c3)c2C)cc1OC. The molecule has 0 aliphatic heterocycles. The molecule has 0 fully saturated rings. The molecule has 0 N–H and O–H groups in total. The number of benzene rings is 2. The van der Waals surface area contributed by atoms with Gasteiger partial charge < -0.3 is 23.5 Å². The van der Waals surface area contributed by atoms with E-state index < -0.39 is 12.6 Å². The van der Waals surface area contributed by atoms with E-state index in [4.69, 9.17) is 18.9 Å². The molecule has 32 heavy (non-hydrogen) atoms. The Kier molecular flexibility index (Phi) is 6.82. The first-order valence-electron chi connectivity index (χ1n) is 9.75. The van der Waals surface area contributed by atoms with E-state index in [1.807, 2.05) is 6.92 Å². The maximum Gasteiger partial charge on any atom is 0.342 e. The maximum atomic E-state index is 13.7. The smallest absolute Gasteiger partial charge is 0.342 e. The minimum Gasteiger partial charge on any atom is -0.496 e. The van der Waals surface area contributed by atoms with Gasteiger partial charge in [-0.1, -0.05) is 6.07 Å². The molecule has 3 rings (SSSR count). The molecule has 0 aliphatic rings. The van der Waals surface area contributed by atoms with Crippen molar-refractivity contribution in [2.45, 2.75) is 13.8 Å². The summed E-state index contributed by atoms with van der Waals surface area (Å²) in [6.07, 6.45) is 0. The van der Waals surface area contributed by atoms with E-state index >= 15 is 0 Å². The molecule has 7 nitrogen and oxygen atoms in total. The molecule has 1 heterocycles. The topological polar surface area (TPSA) is 76.0 Å². The second-order valence-corrected chi connectivity index (χ2v) is 7.01. The molecule has 0 saturated heterocycles. The fourth-order valence-corrected chi connectivity index (χ4v) is 3.53. The lowest BCUT2D eigenvalue weighted by molar-refractivity contribution is 0.0471. The Hall–Kier alpha value is -3.81. The van der Waals surface area contributed by atoms with Gasteiger partial charge in [-0.15, -0.1) is 0 Å². The van der Waals surface area contributed by atoms with Crippen LogP contribution in [0.4, 0.5) is 4.39 Å².